The van der Waals surface area contributed by atoms with E-state index in [4.69, 9.17) is 9.57 Å². The number of carbonyl (C=O) groups excluding carboxylic acids is 1. The summed E-state index contributed by atoms with van der Waals surface area (Å²) in [7, 11) is 0. The van der Waals surface area contributed by atoms with Crippen molar-refractivity contribution >= 4 is 5.91 Å². The molecule has 4 heteroatoms. The monoisotopic (exact) mass is 265 g/mol. The number of amides is 1. The van der Waals surface area contributed by atoms with Crippen molar-refractivity contribution in [2.75, 3.05) is 13.2 Å². The summed E-state index contributed by atoms with van der Waals surface area (Å²) in [6.07, 6.45) is 2.14. The first-order valence-electron chi connectivity index (χ1n) is 6.78. The average Bonchev–Trinajstić information content (AvgIpc) is 2.39. The van der Waals surface area contributed by atoms with Gasteiger partial charge in [0.15, 0.2) is 0 Å². The van der Waals surface area contributed by atoms with Gasteiger partial charge in [0, 0.05) is 5.56 Å². The number of nitrogens with one attached hydrogen (secondary N) is 1. The highest BCUT2D eigenvalue weighted by Crippen LogP contribution is 2.12. The minimum Gasteiger partial charge on any atom is -0.494 e. The summed E-state index contributed by atoms with van der Waals surface area (Å²) in [5.74, 6) is 0.934. The van der Waals surface area contributed by atoms with E-state index in [-0.39, 0.29) is 5.91 Å². The van der Waals surface area contributed by atoms with E-state index in [0.29, 0.717) is 24.7 Å². The Morgan fingerprint density at radius 2 is 1.95 bits per heavy atom. The number of carbonyl (C=O) groups is 1. The molecule has 0 fully saturated rings. The van der Waals surface area contributed by atoms with Crippen LogP contribution in [0.1, 0.15) is 44.0 Å². The zero-order valence-corrected chi connectivity index (χ0v) is 11.9. The molecule has 0 aromatic heterocycles. The molecule has 0 bridgehead atoms. The molecule has 19 heavy (non-hydrogen) atoms. The lowest BCUT2D eigenvalue weighted by molar-refractivity contribution is 0.0208. The number of benzene rings is 1. The molecule has 1 amide bonds. The second-order valence-corrected chi connectivity index (χ2v) is 4.86. The van der Waals surface area contributed by atoms with E-state index in [2.05, 4.69) is 12.4 Å². The summed E-state index contributed by atoms with van der Waals surface area (Å²) in [5.41, 5.74) is 2.98. The predicted molar refractivity (Wildman–Crippen MR) is 75.1 cm³/mol. The van der Waals surface area contributed by atoms with E-state index in [1.807, 2.05) is 13.8 Å². The van der Waals surface area contributed by atoms with Crippen LogP contribution in [0.5, 0.6) is 5.75 Å². The summed E-state index contributed by atoms with van der Waals surface area (Å²) in [5, 5.41) is 0. The number of hydrogen-bond donors (Lipinski definition) is 1. The van der Waals surface area contributed by atoms with Gasteiger partial charge in [-0.15, -0.1) is 0 Å². The van der Waals surface area contributed by atoms with Crippen molar-refractivity contribution in [3.05, 3.63) is 29.8 Å². The highest BCUT2D eigenvalue weighted by Gasteiger charge is 2.06. The minimum atomic E-state index is -0.235. The Morgan fingerprint density at radius 1 is 1.26 bits per heavy atom. The maximum Gasteiger partial charge on any atom is 0.274 e. The summed E-state index contributed by atoms with van der Waals surface area (Å²) < 4.78 is 5.53. The Morgan fingerprint density at radius 3 is 2.53 bits per heavy atom. The highest BCUT2D eigenvalue weighted by atomic mass is 16.6. The van der Waals surface area contributed by atoms with Crippen LogP contribution in [0.25, 0.3) is 0 Å². The molecule has 0 spiro atoms. The van der Waals surface area contributed by atoms with Crippen LogP contribution >= 0.6 is 0 Å². The van der Waals surface area contributed by atoms with Crippen molar-refractivity contribution in [3.8, 4) is 5.75 Å². The molecular formula is C15H23NO3. The largest absolute Gasteiger partial charge is 0.494 e. The van der Waals surface area contributed by atoms with Crippen molar-refractivity contribution in [3.63, 3.8) is 0 Å². The van der Waals surface area contributed by atoms with Crippen molar-refractivity contribution in [2.45, 2.75) is 33.6 Å². The molecule has 0 aliphatic heterocycles. The van der Waals surface area contributed by atoms with Gasteiger partial charge in [-0.25, -0.2) is 5.48 Å². The minimum absolute atomic E-state index is 0.235. The Kier molecular flexibility index (Phi) is 6.97. The normalized spacial score (nSPS) is 10.5. The van der Waals surface area contributed by atoms with E-state index in [9.17, 15) is 4.79 Å². The predicted octanol–water partition coefficient (Wildman–Crippen LogP) is 3.18. The van der Waals surface area contributed by atoms with Crippen LogP contribution < -0.4 is 10.2 Å². The third kappa shape index (κ3) is 6.25. The van der Waals surface area contributed by atoms with Crippen molar-refractivity contribution in [1.82, 2.24) is 5.48 Å². The lowest BCUT2D eigenvalue weighted by Crippen LogP contribution is -2.25. The lowest BCUT2D eigenvalue weighted by Gasteiger charge is -2.09. The summed E-state index contributed by atoms with van der Waals surface area (Å²) >= 11 is 0. The molecule has 0 atom stereocenters. The molecule has 0 saturated heterocycles. The molecule has 0 saturated carbocycles. The van der Waals surface area contributed by atoms with Gasteiger partial charge in [0.1, 0.15) is 5.75 Å². The van der Waals surface area contributed by atoms with Crippen LogP contribution in [0.2, 0.25) is 0 Å². The molecule has 106 valence electrons. The molecule has 4 nitrogen and oxygen atoms in total. The van der Waals surface area contributed by atoms with Crippen LogP contribution in [-0.4, -0.2) is 19.1 Å². The van der Waals surface area contributed by atoms with Crippen LogP contribution in [0.4, 0.5) is 0 Å². The van der Waals surface area contributed by atoms with E-state index in [0.717, 1.165) is 18.6 Å². The Hall–Kier alpha value is -1.55. The van der Waals surface area contributed by atoms with Crippen molar-refractivity contribution < 1.29 is 14.4 Å². The standard InChI is InChI=1S/C15H23NO3/c1-4-5-10-18-14-8-6-13(7-9-14)15(17)16-19-11-12(2)3/h6-9,12H,4-5,10-11H2,1-3H3,(H,16,17). The molecule has 0 radical (unpaired) electrons. The molecule has 1 N–H and O–H groups in total. The van der Waals surface area contributed by atoms with Crippen LogP contribution in [0.15, 0.2) is 24.3 Å². The van der Waals surface area contributed by atoms with Gasteiger partial charge in [0.2, 0.25) is 0 Å². The van der Waals surface area contributed by atoms with Gasteiger partial charge in [-0.3, -0.25) is 9.63 Å². The number of rotatable bonds is 8. The van der Waals surface area contributed by atoms with Gasteiger partial charge < -0.3 is 4.74 Å². The van der Waals surface area contributed by atoms with Gasteiger partial charge in [0.05, 0.1) is 13.2 Å². The fourth-order valence-electron chi connectivity index (χ4n) is 1.37. The molecule has 0 heterocycles. The fraction of sp³-hybridized carbons (Fsp3) is 0.533. The second kappa shape index (κ2) is 8.53. The Bertz CT molecular complexity index is 373. The van der Waals surface area contributed by atoms with Crippen LogP contribution in [0, 0.1) is 5.92 Å². The zero-order chi connectivity index (χ0) is 14.1. The summed E-state index contributed by atoms with van der Waals surface area (Å²) in [6.45, 7) is 7.38. The third-order valence-corrected chi connectivity index (χ3v) is 2.46. The van der Waals surface area contributed by atoms with Gasteiger partial charge in [-0.2, -0.15) is 0 Å². The highest BCUT2D eigenvalue weighted by molar-refractivity contribution is 5.93. The average molecular weight is 265 g/mol. The van der Waals surface area contributed by atoms with Crippen LogP contribution in [0.3, 0.4) is 0 Å². The number of hydrogen-bond acceptors (Lipinski definition) is 3. The zero-order valence-electron chi connectivity index (χ0n) is 11.9. The van der Waals surface area contributed by atoms with Gasteiger partial charge >= 0.3 is 0 Å². The van der Waals surface area contributed by atoms with Crippen LogP contribution in [-0.2, 0) is 4.84 Å². The number of unbranched alkanes of at least 4 members (excludes halogenated alkanes) is 1. The summed E-state index contributed by atoms with van der Waals surface area (Å²) in [4.78, 5) is 16.8. The van der Waals surface area contributed by atoms with E-state index in [1.54, 1.807) is 24.3 Å². The lowest BCUT2D eigenvalue weighted by atomic mass is 10.2. The van der Waals surface area contributed by atoms with Gasteiger partial charge in [0.25, 0.3) is 5.91 Å². The molecule has 1 rings (SSSR count). The van der Waals surface area contributed by atoms with Gasteiger partial charge in [-0.05, 0) is 36.6 Å². The molecular weight excluding hydrogens is 242 g/mol. The Labute approximate surface area is 115 Å². The van der Waals surface area contributed by atoms with Crippen molar-refractivity contribution in [2.24, 2.45) is 5.92 Å². The fourth-order valence-corrected chi connectivity index (χ4v) is 1.37. The maximum absolute atomic E-state index is 11.7. The van der Waals surface area contributed by atoms with Crippen molar-refractivity contribution in [1.29, 1.82) is 0 Å². The molecule has 1 aromatic rings. The quantitative estimate of drug-likeness (QED) is 0.580. The topological polar surface area (TPSA) is 47.6 Å². The maximum atomic E-state index is 11.7. The molecule has 0 unspecified atom stereocenters. The second-order valence-electron chi connectivity index (χ2n) is 4.86. The smallest absolute Gasteiger partial charge is 0.274 e. The van der Waals surface area contributed by atoms with E-state index in [1.165, 1.54) is 0 Å². The first-order chi connectivity index (χ1) is 9.13. The third-order valence-electron chi connectivity index (χ3n) is 2.46. The SMILES string of the molecule is CCCCOc1ccc(C(=O)NOCC(C)C)cc1. The Balaban J connectivity index is 2.39. The van der Waals surface area contributed by atoms with Gasteiger partial charge in [-0.1, -0.05) is 27.2 Å². The first-order valence-corrected chi connectivity index (χ1v) is 6.78. The molecule has 0 aliphatic carbocycles. The first kappa shape index (κ1) is 15.5. The molecule has 0 aliphatic rings. The van der Waals surface area contributed by atoms with E-state index >= 15 is 0 Å². The molecule has 1 aromatic carbocycles. The summed E-state index contributed by atoms with van der Waals surface area (Å²) in [6, 6.07) is 7.06. The number of ether oxygens (including phenoxy) is 1. The van der Waals surface area contributed by atoms with E-state index < -0.39 is 0 Å². The number of hydroxylamine groups is 1.